The van der Waals surface area contributed by atoms with E-state index in [9.17, 15) is 9.59 Å². The highest BCUT2D eigenvalue weighted by Crippen LogP contribution is 2.00. The van der Waals surface area contributed by atoms with Gasteiger partial charge in [-0.05, 0) is 38.8 Å². The van der Waals surface area contributed by atoms with E-state index in [1.54, 1.807) is 0 Å². The molecule has 0 spiro atoms. The lowest BCUT2D eigenvalue weighted by atomic mass is 10.1. The molecule has 17 heavy (non-hydrogen) atoms. The summed E-state index contributed by atoms with van der Waals surface area (Å²) < 4.78 is 0. The maximum absolute atomic E-state index is 11.6. The Hall–Kier alpha value is -0.980. The van der Waals surface area contributed by atoms with Crippen LogP contribution in [0.1, 0.15) is 32.1 Å². The van der Waals surface area contributed by atoms with E-state index in [2.05, 4.69) is 5.32 Å². The molecule has 0 aliphatic heterocycles. The summed E-state index contributed by atoms with van der Waals surface area (Å²) >= 11 is 0. The molecule has 0 aliphatic carbocycles. The van der Waals surface area contributed by atoms with Crippen LogP contribution in [0.2, 0.25) is 0 Å². The van der Waals surface area contributed by atoms with E-state index in [-0.39, 0.29) is 5.91 Å². The standard InChI is InChI=1S/C11H24N4O2/c12-6-2-1-5-10(14)11(17)15-9(8-16)4-3-7-13/h8-10H,1-7,12-14H2,(H,15,17). The fourth-order valence-corrected chi connectivity index (χ4v) is 1.44. The SMILES string of the molecule is NCCCCC(N)C(=O)NC(C=O)CCCN. The molecule has 100 valence electrons. The van der Waals surface area contributed by atoms with Crippen molar-refractivity contribution in [3.8, 4) is 0 Å². The van der Waals surface area contributed by atoms with Gasteiger partial charge in [0.1, 0.15) is 6.29 Å². The van der Waals surface area contributed by atoms with Crippen molar-refractivity contribution in [3.05, 3.63) is 0 Å². The summed E-state index contributed by atoms with van der Waals surface area (Å²) in [5, 5.41) is 2.61. The molecular formula is C11H24N4O2. The van der Waals surface area contributed by atoms with Crippen molar-refractivity contribution in [2.75, 3.05) is 13.1 Å². The molecule has 1 amide bonds. The van der Waals surface area contributed by atoms with Crippen molar-refractivity contribution in [1.82, 2.24) is 5.32 Å². The Balaban J connectivity index is 3.90. The first-order chi connectivity index (χ1) is 8.15. The molecule has 7 N–H and O–H groups in total. The van der Waals surface area contributed by atoms with Gasteiger partial charge in [-0.1, -0.05) is 6.42 Å². The first kappa shape index (κ1) is 16.0. The first-order valence-electron chi connectivity index (χ1n) is 6.07. The maximum Gasteiger partial charge on any atom is 0.237 e. The summed E-state index contributed by atoms with van der Waals surface area (Å²) in [6, 6.07) is -1.05. The Kier molecular flexibility index (Phi) is 9.60. The van der Waals surface area contributed by atoms with Crippen molar-refractivity contribution in [2.45, 2.75) is 44.2 Å². The quantitative estimate of drug-likeness (QED) is 0.286. The van der Waals surface area contributed by atoms with Crippen LogP contribution in [0.25, 0.3) is 0 Å². The number of hydrogen-bond acceptors (Lipinski definition) is 5. The van der Waals surface area contributed by atoms with E-state index >= 15 is 0 Å². The Morgan fingerprint density at radius 2 is 1.76 bits per heavy atom. The van der Waals surface area contributed by atoms with Gasteiger partial charge < -0.3 is 27.3 Å². The molecule has 0 radical (unpaired) electrons. The highest BCUT2D eigenvalue weighted by Gasteiger charge is 2.16. The highest BCUT2D eigenvalue weighted by atomic mass is 16.2. The maximum atomic E-state index is 11.6. The van der Waals surface area contributed by atoms with Crippen LogP contribution in [-0.4, -0.2) is 37.4 Å². The molecule has 0 saturated heterocycles. The number of carbonyl (C=O) groups is 2. The van der Waals surface area contributed by atoms with Crippen LogP contribution in [0.4, 0.5) is 0 Å². The topological polar surface area (TPSA) is 124 Å². The van der Waals surface area contributed by atoms with Crippen molar-refractivity contribution in [3.63, 3.8) is 0 Å². The van der Waals surface area contributed by atoms with Crippen LogP contribution in [0.3, 0.4) is 0 Å². The lowest BCUT2D eigenvalue weighted by Gasteiger charge is -2.16. The number of carbonyl (C=O) groups excluding carboxylic acids is 2. The minimum atomic E-state index is -0.568. The van der Waals surface area contributed by atoms with Crippen LogP contribution >= 0.6 is 0 Å². The molecule has 6 heteroatoms. The number of nitrogens with one attached hydrogen (secondary N) is 1. The number of unbranched alkanes of at least 4 members (excludes halogenated alkanes) is 1. The van der Waals surface area contributed by atoms with Crippen LogP contribution in [0.5, 0.6) is 0 Å². The Morgan fingerprint density at radius 3 is 2.29 bits per heavy atom. The van der Waals surface area contributed by atoms with Gasteiger partial charge in [0.05, 0.1) is 12.1 Å². The predicted molar refractivity (Wildman–Crippen MR) is 67.2 cm³/mol. The van der Waals surface area contributed by atoms with Gasteiger partial charge in [0, 0.05) is 0 Å². The van der Waals surface area contributed by atoms with Gasteiger partial charge in [-0.3, -0.25) is 4.79 Å². The third kappa shape index (κ3) is 7.84. The summed E-state index contributed by atoms with van der Waals surface area (Å²) in [5.41, 5.74) is 16.4. The second-order valence-electron chi connectivity index (χ2n) is 4.07. The minimum Gasteiger partial charge on any atom is -0.345 e. The zero-order valence-corrected chi connectivity index (χ0v) is 10.2. The highest BCUT2D eigenvalue weighted by molar-refractivity contribution is 5.84. The monoisotopic (exact) mass is 244 g/mol. The summed E-state index contributed by atoms with van der Waals surface area (Å²) in [6.07, 6.45) is 4.24. The summed E-state index contributed by atoms with van der Waals surface area (Å²) in [5.74, 6) is -0.281. The zero-order valence-electron chi connectivity index (χ0n) is 10.2. The number of rotatable bonds is 10. The van der Waals surface area contributed by atoms with E-state index < -0.39 is 12.1 Å². The first-order valence-corrected chi connectivity index (χ1v) is 6.07. The summed E-state index contributed by atoms with van der Waals surface area (Å²) in [4.78, 5) is 22.3. The van der Waals surface area contributed by atoms with Crippen molar-refractivity contribution < 1.29 is 9.59 Å². The summed E-state index contributed by atoms with van der Waals surface area (Å²) in [6.45, 7) is 1.10. The van der Waals surface area contributed by atoms with E-state index in [4.69, 9.17) is 17.2 Å². The van der Waals surface area contributed by atoms with Crippen LogP contribution < -0.4 is 22.5 Å². The van der Waals surface area contributed by atoms with Gasteiger partial charge in [-0.25, -0.2) is 0 Å². The average Bonchev–Trinajstić information content (AvgIpc) is 2.34. The number of aldehydes is 1. The van der Waals surface area contributed by atoms with Gasteiger partial charge in [-0.15, -0.1) is 0 Å². The Morgan fingerprint density at radius 1 is 1.12 bits per heavy atom. The van der Waals surface area contributed by atoms with Crippen LogP contribution in [0.15, 0.2) is 0 Å². The molecule has 0 rings (SSSR count). The molecule has 2 atom stereocenters. The summed E-state index contributed by atoms with van der Waals surface area (Å²) in [7, 11) is 0. The number of amides is 1. The molecule has 0 bridgehead atoms. The van der Waals surface area contributed by atoms with E-state index in [1.807, 2.05) is 0 Å². The fraction of sp³-hybridized carbons (Fsp3) is 0.818. The lowest BCUT2D eigenvalue weighted by molar-refractivity contribution is -0.125. The third-order valence-corrected chi connectivity index (χ3v) is 2.52. The Bertz CT molecular complexity index is 224. The van der Waals surface area contributed by atoms with Gasteiger partial charge in [-0.2, -0.15) is 0 Å². The van der Waals surface area contributed by atoms with E-state index in [1.165, 1.54) is 0 Å². The lowest BCUT2D eigenvalue weighted by Crippen LogP contribution is -2.46. The van der Waals surface area contributed by atoms with Gasteiger partial charge in [0.2, 0.25) is 5.91 Å². The molecule has 0 heterocycles. The van der Waals surface area contributed by atoms with Crippen LogP contribution in [-0.2, 0) is 9.59 Å². The van der Waals surface area contributed by atoms with Gasteiger partial charge >= 0.3 is 0 Å². The number of nitrogens with two attached hydrogens (primary N) is 3. The van der Waals surface area contributed by atoms with E-state index in [0.29, 0.717) is 32.4 Å². The molecule has 0 aromatic rings. The van der Waals surface area contributed by atoms with Crippen molar-refractivity contribution >= 4 is 12.2 Å². The molecule has 0 saturated carbocycles. The van der Waals surface area contributed by atoms with E-state index in [0.717, 1.165) is 19.1 Å². The Labute approximate surface area is 102 Å². The molecule has 0 aromatic heterocycles. The average molecular weight is 244 g/mol. The smallest absolute Gasteiger partial charge is 0.237 e. The second kappa shape index (κ2) is 10.2. The largest absolute Gasteiger partial charge is 0.345 e. The molecule has 0 aliphatic rings. The van der Waals surface area contributed by atoms with Gasteiger partial charge in [0.15, 0.2) is 0 Å². The number of hydrogen-bond donors (Lipinski definition) is 4. The molecule has 2 unspecified atom stereocenters. The van der Waals surface area contributed by atoms with Gasteiger partial charge in [0.25, 0.3) is 0 Å². The molecular weight excluding hydrogens is 220 g/mol. The zero-order chi connectivity index (χ0) is 13.1. The molecule has 0 aromatic carbocycles. The second-order valence-corrected chi connectivity index (χ2v) is 4.07. The fourth-order valence-electron chi connectivity index (χ4n) is 1.44. The van der Waals surface area contributed by atoms with Crippen molar-refractivity contribution in [1.29, 1.82) is 0 Å². The molecule has 0 fully saturated rings. The van der Waals surface area contributed by atoms with Crippen LogP contribution in [0, 0.1) is 0 Å². The third-order valence-electron chi connectivity index (χ3n) is 2.52. The molecule has 6 nitrogen and oxygen atoms in total. The normalized spacial score (nSPS) is 14.1. The van der Waals surface area contributed by atoms with Crippen molar-refractivity contribution in [2.24, 2.45) is 17.2 Å². The predicted octanol–water partition coefficient (Wildman–Crippen LogP) is -1.13. The minimum absolute atomic E-state index is 0.281.